The first kappa shape index (κ1) is 17.2. The van der Waals surface area contributed by atoms with Crippen molar-refractivity contribution in [3.05, 3.63) is 84.7 Å². The molecule has 2 aromatic rings. The first-order valence-corrected chi connectivity index (χ1v) is 7.97. The van der Waals surface area contributed by atoms with E-state index in [-0.39, 0.29) is 5.82 Å². The molecule has 1 heterocycles. The summed E-state index contributed by atoms with van der Waals surface area (Å²) in [5.74, 6) is 0.937. The Morgan fingerprint density at radius 3 is 2.54 bits per heavy atom. The molecule has 0 saturated heterocycles. The van der Waals surface area contributed by atoms with Crippen molar-refractivity contribution < 1.29 is 4.39 Å². The van der Waals surface area contributed by atoms with Crippen molar-refractivity contribution in [3.63, 3.8) is 0 Å². The highest BCUT2D eigenvalue weighted by atomic mass is 19.1. The average molecular weight is 350 g/mol. The van der Waals surface area contributed by atoms with E-state index in [1.54, 1.807) is 30.1 Å². The predicted molar refractivity (Wildman–Crippen MR) is 104 cm³/mol. The fraction of sp³-hybridized carbons (Fsp3) is 0.0526. The highest BCUT2D eigenvalue weighted by molar-refractivity contribution is 6.32. The van der Waals surface area contributed by atoms with Gasteiger partial charge in [0.1, 0.15) is 17.3 Å². The Kier molecular flexibility index (Phi) is 4.98. The quantitative estimate of drug-likeness (QED) is 0.792. The van der Waals surface area contributed by atoms with Gasteiger partial charge in [0, 0.05) is 13.2 Å². The number of nitrogens with one attached hydrogen (secondary N) is 2. The van der Waals surface area contributed by atoms with Gasteiger partial charge in [-0.15, -0.1) is 0 Å². The molecule has 0 spiro atoms. The van der Waals surface area contributed by atoms with Gasteiger partial charge >= 0.3 is 0 Å². The summed E-state index contributed by atoms with van der Waals surface area (Å²) in [5, 5.41) is 5.89. The molecule has 0 unspecified atom stereocenters. The summed E-state index contributed by atoms with van der Waals surface area (Å²) in [6, 6.07) is 15.9. The molecule has 0 radical (unpaired) electrons. The van der Waals surface area contributed by atoms with E-state index in [4.69, 9.17) is 5.73 Å². The number of halogens is 1. The van der Waals surface area contributed by atoms with Crippen LogP contribution < -0.4 is 21.3 Å². The monoisotopic (exact) mass is 350 g/mol. The second-order valence-electron chi connectivity index (χ2n) is 5.40. The first-order chi connectivity index (χ1) is 12.6. The van der Waals surface area contributed by atoms with Crippen LogP contribution in [0.5, 0.6) is 0 Å². The van der Waals surface area contributed by atoms with E-state index in [1.807, 2.05) is 30.3 Å². The normalized spacial score (nSPS) is 16.7. The molecule has 6 nitrogen and oxygen atoms in total. The van der Waals surface area contributed by atoms with Crippen molar-refractivity contribution in [2.45, 2.75) is 0 Å². The van der Waals surface area contributed by atoms with Crippen molar-refractivity contribution >= 4 is 23.2 Å². The molecule has 0 amide bonds. The maximum Gasteiger partial charge on any atom is 0.214 e. The molecule has 0 fully saturated rings. The summed E-state index contributed by atoms with van der Waals surface area (Å²) in [6.45, 7) is 3.83. The number of guanidine groups is 1. The SMILES string of the molecule is C=C(/N=C1\C(=C/N)N=C(Nc2ccccc2F)N1c1ccccc1)NC. The maximum absolute atomic E-state index is 14.1. The maximum atomic E-state index is 14.1. The lowest BCUT2D eigenvalue weighted by molar-refractivity contribution is 0.632. The van der Waals surface area contributed by atoms with Crippen LogP contribution in [-0.4, -0.2) is 18.8 Å². The van der Waals surface area contributed by atoms with Crippen LogP contribution in [0.15, 0.2) is 88.9 Å². The van der Waals surface area contributed by atoms with Gasteiger partial charge < -0.3 is 16.4 Å². The summed E-state index contributed by atoms with van der Waals surface area (Å²) in [6.07, 6.45) is 1.35. The van der Waals surface area contributed by atoms with Crippen LogP contribution in [0.25, 0.3) is 0 Å². The molecular weight excluding hydrogens is 331 g/mol. The van der Waals surface area contributed by atoms with Crippen LogP contribution in [0.2, 0.25) is 0 Å². The molecular formula is C19H19FN6. The van der Waals surface area contributed by atoms with Crippen molar-refractivity contribution in [3.8, 4) is 0 Å². The van der Waals surface area contributed by atoms with Crippen molar-refractivity contribution in [2.75, 3.05) is 17.3 Å². The van der Waals surface area contributed by atoms with Crippen LogP contribution in [0, 0.1) is 5.82 Å². The van der Waals surface area contributed by atoms with Crippen molar-refractivity contribution in [1.82, 2.24) is 5.32 Å². The minimum Gasteiger partial charge on any atom is -0.403 e. The van der Waals surface area contributed by atoms with Gasteiger partial charge in [-0.25, -0.2) is 14.4 Å². The van der Waals surface area contributed by atoms with Crippen LogP contribution in [-0.2, 0) is 0 Å². The van der Waals surface area contributed by atoms with E-state index in [9.17, 15) is 4.39 Å². The summed E-state index contributed by atoms with van der Waals surface area (Å²) in [5.41, 5.74) is 7.29. The van der Waals surface area contributed by atoms with Gasteiger partial charge in [-0.1, -0.05) is 36.9 Å². The standard InChI is InChI=1S/C19H19FN6/c1-13(22-2)23-18-17(12-21)25-19(24-16-11-7-6-10-15(16)20)26(18)14-8-4-3-5-9-14/h3-12,22H,1,21H2,2H3,(H,24,25)/b17-12+,23-18+. The number of anilines is 2. The number of nitrogens with zero attached hydrogens (tertiary/aromatic N) is 3. The number of benzene rings is 2. The molecule has 1 aliphatic rings. The summed E-state index contributed by atoms with van der Waals surface area (Å²) in [7, 11) is 1.72. The molecule has 0 saturated carbocycles. The van der Waals surface area contributed by atoms with E-state index in [2.05, 4.69) is 27.2 Å². The van der Waals surface area contributed by atoms with Gasteiger partial charge in [0.05, 0.1) is 11.4 Å². The van der Waals surface area contributed by atoms with Gasteiger partial charge in [-0.3, -0.25) is 4.90 Å². The summed E-state index contributed by atoms with van der Waals surface area (Å²) < 4.78 is 14.1. The smallest absolute Gasteiger partial charge is 0.214 e. The summed E-state index contributed by atoms with van der Waals surface area (Å²) >= 11 is 0. The molecule has 26 heavy (non-hydrogen) atoms. The van der Waals surface area contributed by atoms with E-state index in [1.165, 1.54) is 12.3 Å². The molecule has 4 N–H and O–H groups in total. The van der Waals surface area contributed by atoms with Crippen LogP contribution in [0.1, 0.15) is 0 Å². The lowest BCUT2D eigenvalue weighted by Crippen LogP contribution is -2.37. The second kappa shape index (κ2) is 7.52. The Labute approximate surface area is 151 Å². The largest absolute Gasteiger partial charge is 0.403 e. The van der Waals surface area contributed by atoms with E-state index in [0.717, 1.165) is 5.69 Å². The number of hydrogen-bond donors (Lipinski definition) is 3. The fourth-order valence-electron chi connectivity index (χ4n) is 2.42. The average Bonchev–Trinajstić information content (AvgIpc) is 3.01. The van der Waals surface area contributed by atoms with E-state index >= 15 is 0 Å². The highest BCUT2D eigenvalue weighted by Crippen LogP contribution is 2.26. The molecule has 2 aromatic carbocycles. The summed E-state index contributed by atoms with van der Waals surface area (Å²) in [4.78, 5) is 10.7. The lowest BCUT2D eigenvalue weighted by Gasteiger charge is -2.22. The first-order valence-electron chi connectivity index (χ1n) is 7.97. The second-order valence-corrected chi connectivity index (χ2v) is 5.40. The molecule has 0 bridgehead atoms. The van der Waals surface area contributed by atoms with E-state index in [0.29, 0.717) is 29.0 Å². The number of amidine groups is 1. The minimum absolute atomic E-state index is 0.303. The zero-order valence-electron chi connectivity index (χ0n) is 14.3. The Morgan fingerprint density at radius 1 is 1.19 bits per heavy atom. The fourth-order valence-corrected chi connectivity index (χ4v) is 2.42. The number of hydrogen-bond acceptors (Lipinski definition) is 5. The number of rotatable bonds is 4. The topological polar surface area (TPSA) is 78.0 Å². The van der Waals surface area contributed by atoms with Crippen LogP contribution >= 0.6 is 0 Å². The Hall–Kier alpha value is -3.61. The number of nitrogens with two attached hydrogens (primary N) is 1. The van der Waals surface area contributed by atoms with Gasteiger partial charge in [-0.05, 0) is 24.3 Å². The Bertz CT molecular complexity index is 901. The van der Waals surface area contributed by atoms with Gasteiger partial charge in [0.15, 0.2) is 5.84 Å². The molecule has 7 heteroatoms. The molecule has 0 aromatic heterocycles. The van der Waals surface area contributed by atoms with Gasteiger partial charge in [0.25, 0.3) is 0 Å². The molecule has 0 atom stereocenters. The zero-order valence-corrected chi connectivity index (χ0v) is 14.3. The third kappa shape index (κ3) is 3.41. The Morgan fingerprint density at radius 2 is 1.88 bits per heavy atom. The van der Waals surface area contributed by atoms with Crippen LogP contribution in [0.4, 0.5) is 15.8 Å². The molecule has 132 valence electrons. The highest BCUT2D eigenvalue weighted by Gasteiger charge is 2.30. The predicted octanol–water partition coefficient (Wildman–Crippen LogP) is 3.00. The zero-order chi connectivity index (χ0) is 18.5. The molecule has 0 aliphatic carbocycles. The van der Waals surface area contributed by atoms with Crippen LogP contribution in [0.3, 0.4) is 0 Å². The third-order valence-corrected chi connectivity index (χ3v) is 3.70. The van der Waals surface area contributed by atoms with E-state index < -0.39 is 0 Å². The molecule has 1 aliphatic heterocycles. The Balaban J connectivity index is 2.08. The minimum atomic E-state index is -0.383. The van der Waals surface area contributed by atoms with Gasteiger partial charge in [-0.2, -0.15) is 0 Å². The van der Waals surface area contributed by atoms with Gasteiger partial charge in [0.2, 0.25) is 5.96 Å². The third-order valence-electron chi connectivity index (χ3n) is 3.70. The van der Waals surface area contributed by atoms with Crippen molar-refractivity contribution in [2.24, 2.45) is 15.7 Å². The number of aliphatic imine (C=N–C) groups is 2. The lowest BCUT2D eigenvalue weighted by atomic mass is 10.2. The molecule has 3 rings (SSSR count). The van der Waals surface area contributed by atoms with Crippen molar-refractivity contribution in [1.29, 1.82) is 0 Å². The number of para-hydroxylation sites is 2.